The summed E-state index contributed by atoms with van der Waals surface area (Å²) in [5, 5.41) is 39.6. The lowest BCUT2D eigenvalue weighted by Crippen LogP contribution is -2.52. The maximum Gasteiger partial charge on any atom is 0.112 e. The first-order chi connectivity index (χ1) is 15.5. The third kappa shape index (κ3) is 5.05. The van der Waals surface area contributed by atoms with Crippen molar-refractivity contribution in [2.75, 3.05) is 0 Å². The molecule has 3 rings (SSSR count). The van der Waals surface area contributed by atoms with Gasteiger partial charge in [0.15, 0.2) is 0 Å². The number of rotatable bonds is 6. The molecule has 0 unspecified atom stereocenters. The molecule has 3 fully saturated rings. The van der Waals surface area contributed by atoms with E-state index in [-0.39, 0.29) is 11.8 Å². The fraction of sp³-hybridized carbons (Fsp3) is 0.778. The van der Waals surface area contributed by atoms with Crippen LogP contribution in [-0.2, 0) is 0 Å². The molecule has 4 N–H and O–H groups in total. The van der Waals surface area contributed by atoms with Crippen LogP contribution in [0, 0.1) is 23.2 Å². The lowest BCUT2D eigenvalue weighted by molar-refractivity contribution is -0.0554. The van der Waals surface area contributed by atoms with Crippen molar-refractivity contribution < 1.29 is 20.4 Å². The van der Waals surface area contributed by atoms with Crippen molar-refractivity contribution in [3.8, 4) is 0 Å². The van der Waals surface area contributed by atoms with Crippen LogP contribution in [0.15, 0.2) is 35.5 Å². The minimum absolute atomic E-state index is 0.158. The number of hydrogen-bond acceptors (Lipinski definition) is 4. The summed E-state index contributed by atoms with van der Waals surface area (Å²) in [5.41, 5.74) is -0.707. The molecule has 6 radical (unpaired) electrons. The quantitative estimate of drug-likeness (QED) is 0.458. The Bertz CT molecular complexity index is 841. The summed E-state index contributed by atoms with van der Waals surface area (Å²) in [6.07, 6.45) is 8.98. The van der Waals surface area contributed by atoms with Crippen molar-refractivity contribution in [1.82, 2.24) is 0 Å². The van der Waals surface area contributed by atoms with Crippen LogP contribution < -0.4 is 0 Å². The van der Waals surface area contributed by atoms with Gasteiger partial charge in [0.05, 0.1) is 33.5 Å². The molecule has 0 aromatic heterocycles. The van der Waals surface area contributed by atoms with Crippen LogP contribution in [0.5, 0.6) is 0 Å². The van der Waals surface area contributed by atoms with Gasteiger partial charge in [-0.3, -0.25) is 0 Å². The lowest BCUT2D eigenvalue weighted by atomic mass is 9.34. The van der Waals surface area contributed by atoms with Crippen LogP contribution in [0.4, 0.5) is 0 Å². The lowest BCUT2D eigenvalue weighted by Gasteiger charge is -2.50. The summed E-state index contributed by atoms with van der Waals surface area (Å²) >= 11 is 0. The molecule has 0 aromatic carbocycles. The zero-order valence-corrected chi connectivity index (χ0v) is 21.4. The van der Waals surface area contributed by atoms with Gasteiger partial charge in [0.25, 0.3) is 0 Å². The van der Waals surface area contributed by atoms with Crippen LogP contribution in [0.1, 0.15) is 79.1 Å². The SMILES string of the molecule is [B]C1([B])/C(=C/C=C2\CCC[C@]3(C)[C@@H]([C@H](C)CC[C@@H](O)C(C)(C)O)CC[C@@H]23)C(=C)[C@@H](O)C[C@]1([B])O. The molecule has 4 nitrogen and oxygen atoms in total. The smallest absolute Gasteiger partial charge is 0.112 e. The summed E-state index contributed by atoms with van der Waals surface area (Å²) < 4.78 is 0. The van der Waals surface area contributed by atoms with Gasteiger partial charge >= 0.3 is 0 Å². The minimum Gasteiger partial charge on any atom is -0.400 e. The number of hydrogen-bond donors (Lipinski definition) is 4. The largest absolute Gasteiger partial charge is 0.400 e. The molecule has 0 saturated heterocycles. The second-order valence-electron chi connectivity index (χ2n) is 12.2. The van der Waals surface area contributed by atoms with Gasteiger partial charge in [0.2, 0.25) is 0 Å². The van der Waals surface area contributed by atoms with Crippen molar-refractivity contribution in [2.24, 2.45) is 23.2 Å². The minimum atomic E-state index is -1.93. The number of aliphatic hydroxyl groups is 4. The highest BCUT2D eigenvalue weighted by molar-refractivity contribution is 6.47. The monoisotopic (exact) mass is 462 g/mol. The van der Waals surface area contributed by atoms with E-state index in [2.05, 4.69) is 26.5 Å². The maximum absolute atomic E-state index is 10.6. The van der Waals surface area contributed by atoms with Crippen LogP contribution in [0.25, 0.3) is 0 Å². The highest BCUT2D eigenvalue weighted by atomic mass is 16.3. The van der Waals surface area contributed by atoms with E-state index in [4.69, 9.17) is 23.5 Å². The number of aliphatic hydroxyl groups excluding tert-OH is 2. The molecule has 7 atom stereocenters. The molecule has 0 heterocycles. The Morgan fingerprint density at radius 3 is 2.44 bits per heavy atom. The van der Waals surface area contributed by atoms with E-state index in [1.54, 1.807) is 19.9 Å². The molecule has 34 heavy (non-hydrogen) atoms. The second kappa shape index (κ2) is 9.61. The third-order valence-corrected chi connectivity index (χ3v) is 9.31. The zero-order chi connectivity index (χ0) is 25.7. The predicted octanol–water partition coefficient (Wildman–Crippen LogP) is 3.23. The molecule has 0 spiro atoms. The van der Waals surface area contributed by atoms with Crippen LogP contribution >= 0.6 is 0 Å². The van der Waals surface area contributed by atoms with Crippen molar-refractivity contribution in [3.63, 3.8) is 0 Å². The molecule has 7 heteroatoms. The van der Waals surface area contributed by atoms with Crippen molar-refractivity contribution in [2.45, 2.75) is 108 Å². The van der Waals surface area contributed by atoms with E-state index >= 15 is 0 Å². The van der Waals surface area contributed by atoms with Gasteiger partial charge in [0.1, 0.15) is 7.85 Å². The van der Waals surface area contributed by atoms with Crippen molar-refractivity contribution in [1.29, 1.82) is 0 Å². The first-order valence-electron chi connectivity index (χ1n) is 12.8. The van der Waals surface area contributed by atoms with Gasteiger partial charge < -0.3 is 20.4 Å². The Morgan fingerprint density at radius 1 is 1.18 bits per heavy atom. The molecule has 3 aliphatic rings. The summed E-state index contributed by atoms with van der Waals surface area (Å²) in [6.45, 7) is 12.0. The summed E-state index contributed by atoms with van der Waals surface area (Å²) in [5.74, 6) is 1.44. The summed E-state index contributed by atoms with van der Waals surface area (Å²) in [6, 6.07) is 0. The fourth-order valence-corrected chi connectivity index (χ4v) is 6.89. The van der Waals surface area contributed by atoms with Gasteiger partial charge in [-0.25, -0.2) is 0 Å². The number of fused-ring (bicyclic) bond motifs is 1. The third-order valence-electron chi connectivity index (χ3n) is 9.31. The van der Waals surface area contributed by atoms with Gasteiger partial charge in [-0.15, -0.1) is 0 Å². The molecule has 3 aliphatic carbocycles. The highest BCUT2D eigenvalue weighted by Crippen LogP contribution is 2.60. The zero-order valence-electron chi connectivity index (χ0n) is 21.4. The highest BCUT2D eigenvalue weighted by Gasteiger charge is 2.51. The Kier molecular flexibility index (Phi) is 7.87. The van der Waals surface area contributed by atoms with Gasteiger partial charge in [-0.05, 0) is 94.0 Å². The van der Waals surface area contributed by atoms with E-state index in [9.17, 15) is 20.4 Å². The normalized spacial score (nSPS) is 40.4. The first kappa shape index (κ1) is 27.8. The molecule has 0 amide bonds. The fourth-order valence-electron chi connectivity index (χ4n) is 6.89. The average Bonchev–Trinajstić information content (AvgIpc) is 3.07. The average molecular weight is 462 g/mol. The Hall–Kier alpha value is -0.745. The summed E-state index contributed by atoms with van der Waals surface area (Å²) in [4.78, 5) is 0. The maximum atomic E-state index is 10.6. The van der Waals surface area contributed by atoms with E-state index < -0.39 is 28.5 Å². The molecule has 0 aliphatic heterocycles. The topological polar surface area (TPSA) is 80.9 Å². The van der Waals surface area contributed by atoms with Crippen LogP contribution in [0.2, 0.25) is 5.21 Å². The molecular formula is C27H41B3O4. The molecule has 182 valence electrons. The number of allylic oxidation sites excluding steroid dienone is 3. The standard InChI is InChI=1S/C27H41B3O4/c1-16(8-13-23(32)24(3,4)33)19-11-12-21-18(7-6-14-25(19,21)5)9-10-20-17(2)22(31)15-26(28,34)27(20,29)30/h9-10,16,19,21-23,31-34H,2,6-8,11-15H2,1,3-5H3/b18-9+,20-10+/t16-,19-,21+,22+,23-,25-,26+/m1/s1. The Morgan fingerprint density at radius 2 is 1.82 bits per heavy atom. The molecule has 0 aromatic rings. The summed E-state index contributed by atoms with van der Waals surface area (Å²) in [7, 11) is 18.4. The molecule has 3 saturated carbocycles. The second-order valence-corrected chi connectivity index (χ2v) is 12.2. The van der Waals surface area contributed by atoms with Gasteiger partial charge in [0, 0.05) is 5.50 Å². The molecule has 0 bridgehead atoms. The Labute approximate surface area is 210 Å². The molecular weight excluding hydrogens is 421 g/mol. The van der Waals surface area contributed by atoms with E-state index in [1.165, 1.54) is 12.0 Å². The van der Waals surface area contributed by atoms with Gasteiger partial charge in [-0.2, -0.15) is 0 Å². The van der Waals surface area contributed by atoms with Gasteiger partial charge in [-0.1, -0.05) is 48.9 Å². The van der Waals surface area contributed by atoms with Crippen molar-refractivity contribution in [3.05, 3.63) is 35.5 Å². The van der Waals surface area contributed by atoms with E-state index in [1.807, 2.05) is 0 Å². The van der Waals surface area contributed by atoms with Crippen molar-refractivity contribution >= 4 is 23.5 Å². The van der Waals surface area contributed by atoms with Crippen LogP contribution in [-0.4, -0.2) is 67.3 Å². The van der Waals surface area contributed by atoms with E-state index in [0.29, 0.717) is 35.3 Å². The van der Waals surface area contributed by atoms with Crippen LogP contribution in [0.3, 0.4) is 0 Å². The Balaban J connectivity index is 1.81. The van der Waals surface area contributed by atoms with E-state index in [0.717, 1.165) is 32.1 Å². The first-order valence-corrected chi connectivity index (χ1v) is 12.8. The predicted molar refractivity (Wildman–Crippen MR) is 140 cm³/mol.